The molecule has 0 bridgehead atoms. The molecule has 0 fully saturated rings. The molecule has 0 amide bonds. The van der Waals surface area contributed by atoms with Crippen molar-refractivity contribution < 1.29 is 28.6 Å². The van der Waals surface area contributed by atoms with Gasteiger partial charge in [0.05, 0.1) is 0 Å². The first-order chi connectivity index (χ1) is 33.0. The molecule has 0 aliphatic rings. The molecule has 1 atom stereocenters. The van der Waals surface area contributed by atoms with Gasteiger partial charge in [0.15, 0.2) is 6.10 Å². The second kappa shape index (κ2) is 56.0. The highest BCUT2D eigenvalue weighted by molar-refractivity contribution is 5.71. The van der Waals surface area contributed by atoms with Crippen molar-refractivity contribution in [2.24, 2.45) is 0 Å². The SMILES string of the molecule is CCCCCC/C=C\CCCCCCCC(=O)OC(COC(=O)CCCCCCCCCCC)COC(=O)CCCCCCCCCCCCCC/C=C\C/C=C\C/C=C\CCCCCCC. The Morgan fingerprint density at radius 3 is 0.866 bits per heavy atom. The van der Waals surface area contributed by atoms with Crippen LogP contribution >= 0.6 is 0 Å². The zero-order chi connectivity index (χ0) is 48.6. The maximum atomic E-state index is 12.8. The normalized spacial score (nSPS) is 12.3. The topological polar surface area (TPSA) is 78.9 Å². The molecule has 0 spiro atoms. The van der Waals surface area contributed by atoms with Gasteiger partial charge >= 0.3 is 17.9 Å². The minimum Gasteiger partial charge on any atom is -0.462 e. The maximum Gasteiger partial charge on any atom is 0.306 e. The number of allylic oxidation sites excluding steroid dienone is 8. The van der Waals surface area contributed by atoms with Crippen LogP contribution in [0.1, 0.15) is 303 Å². The van der Waals surface area contributed by atoms with Gasteiger partial charge in [-0.3, -0.25) is 14.4 Å². The number of rotatable bonds is 53. The van der Waals surface area contributed by atoms with Crippen LogP contribution in [0.5, 0.6) is 0 Å². The van der Waals surface area contributed by atoms with Crippen molar-refractivity contribution in [1.29, 1.82) is 0 Å². The first-order valence-electron chi connectivity index (χ1n) is 29.1. The Morgan fingerprint density at radius 2 is 0.537 bits per heavy atom. The summed E-state index contributed by atoms with van der Waals surface area (Å²) < 4.78 is 16.8. The fraction of sp³-hybridized carbons (Fsp3) is 0.820. The molecule has 67 heavy (non-hydrogen) atoms. The van der Waals surface area contributed by atoms with Gasteiger partial charge in [0.2, 0.25) is 0 Å². The Morgan fingerprint density at radius 1 is 0.299 bits per heavy atom. The molecule has 1 unspecified atom stereocenters. The summed E-state index contributed by atoms with van der Waals surface area (Å²) in [6.45, 7) is 6.61. The van der Waals surface area contributed by atoms with Crippen molar-refractivity contribution in [2.75, 3.05) is 13.2 Å². The molecular formula is C61H110O6. The number of esters is 3. The zero-order valence-corrected chi connectivity index (χ0v) is 44.7. The van der Waals surface area contributed by atoms with Crippen LogP contribution in [0.15, 0.2) is 48.6 Å². The molecular weight excluding hydrogens is 829 g/mol. The van der Waals surface area contributed by atoms with E-state index in [1.54, 1.807) is 0 Å². The molecule has 0 radical (unpaired) electrons. The van der Waals surface area contributed by atoms with Crippen LogP contribution in [0.25, 0.3) is 0 Å². The predicted molar refractivity (Wildman–Crippen MR) is 289 cm³/mol. The van der Waals surface area contributed by atoms with Gasteiger partial charge in [-0.15, -0.1) is 0 Å². The summed E-state index contributed by atoms with van der Waals surface area (Å²) in [5.41, 5.74) is 0. The Hall–Kier alpha value is -2.63. The standard InChI is InChI=1S/C61H110O6/c1-4-7-10-13-16-19-21-23-24-25-26-27-28-29-30-31-32-33-34-35-36-38-39-42-45-48-51-54-60(63)66-57-58(56-65-59(62)53-50-47-44-41-18-15-12-9-6-3)67-61(64)55-52-49-46-43-40-37-22-20-17-14-11-8-5-2/h20-23,25-26,28-29,58H,4-19,24,27,30-57H2,1-3H3/b22-20-,23-21-,26-25-,29-28-. The van der Waals surface area contributed by atoms with E-state index in [9.17, 15) is 14.4 Å². The molecule has 0 aromatic rings. The molecule has 0 aliphatic heterocycles. The van der Waals surface area contributed by atoms with E-state index in [-0.39, 0.29) is 31.1 Å². The second-order valence-electron chi connectivity index (χ2n) is 19.6. The van der Waals surface area contributed by atoms with Crippen LogP contribution in [0.2, 0.25) is 0 Å². The van der Waals surface area contributed by atoms with Crippen LogP contribution in [0.3, 0.4) is 0 Å². The molecule has 0 heterocycles. The van der Waals surface area contributed by atoms with Crippen LogP contribution < -0.4 is 0 Å². The number of hydrogen-bond acceptors (Lipinski definition) is 6. The van der Waals surface area contributed by atoms with Crippen molar-refractivity contribution in [1.82, 2.24) is 0 Å². The summed E-state index contributed by atoms with van der Waals surface area (Å²) in [6.07, 6.45) is 68.3. The number of unbranched alkanes of at least 4 members (excludes halogenated alkanes) is 34. The summed E-state index contributed by atoms with van der Waals surface area (Å²) in [5.74, 6) is -0.877. The van der Waals surface area contributed by atoms with Gasteiger partial charge in [-0.1, -0.05) is 249 Å². The van der Waals surface area contributed by atoms with Gasteiger partial charge in [-0.05, 0) is 83.5 Å². The van der Waals surface area contributed by atoms with Crippen molar-refractivity contribution in [3.05, 3.63) is 48.6 Å². The summed E-state index contributed by atoms with van der Waals surface area (Å²) in [5, 5.41) is 0. The number of carbonyl (C=O) groups is 3. The molecule has 6 nitrogen and oxygen atoms in total. The number of hydrogen-bond donors (Lipinski definition) is 0. The van der Waals surface area contributed by atoms with Crippen molar-refractivity contribution in [2.45, 2.75) is 309 Å². The minimum absolute atomic E-state index is 0.0741. The molecule has 0 aliphatic carbocycles. The van der Waals surface area contributed by atoms with E-state index in [1.807, 2.05) is 0 Å². The Labute approximate surface area is 416 Å². The third-order valence-electron chi connectivity index (χ3n) is 12.8. The third-order valence-corrected chi connectivity index (χ3v) is 12.8. The molecule has 390 valence electrons. The van der Waals surface area contributed by atoms with E-state index in [1.165, 1.54) is 186 Å². The molecule has 6 heteroatoms. The quantitative estimate of drug-likeness (QED) is 0.0262. The van der Waals surface area contributed by atoms with E-state index >= 15 is 0 Å². The van der Waals surface area contributed by atoms with Gasteiger partial charge in [-0.25, -0.2) is 0 Å². The first kappa shape index (κ1) is 64.4. The maximum absolute atomic E-state index is 12.8. The van der Waals surface area contributed by atoms with E-state index in [0.29, 0.717) is 19.3 Å². The van der Waals surface area contributed by atoms with Gasteiger partial charge in [0.1, 0.15) is 13.2 Å². The van der Waals surface area contributed by atoms with Crippen LogP contribution in [-0.2, 0) is 28.6 Å². The zero-order valence-electron chi connectivity index (χ0n) is 44.7. The Kier molecular flexibility index (Phi) is 53.8. The second-order valence-corrected chi connectivity index (χ2v) is 19.6. The molecule has 0 aromatic carbocycles. The van der Waals surface area contributed by atoms with Crippen molar-refractivity contribution in [3.63, 3.8) is 0 Å². The molecule has 0 saturated heterocycles. The molecule has 0 saturated carbocycles. The lowest BCUT2D eigenvalue weighted by Gasteiger charge is -2.18. The largest absolute Gasteiger partial charge is 0.462 e. The van der Waals surface area contributed by atoms with E-state index < -0.39 is 6.10 Å². The van der Waals surface area contributed by atoms with Crippen LogP contribution in [0, 0.1) is 0 Å². The highest BCUT2D eigenvalue weighted by atomic mass is 16.6. The monoisotopic (exact) mass is 939 g/mol. The fourth-order valence-corrected chi connectivity index (χ4v) is 8.39. The number of ether oxygens (including phenoxy) is 3. The molecule has 0 aromatic heterocycles. The van der Waals surface area contributed by atoms with Gasteiger partial charge in [0.25, 0.3) is 0 Å². The Balaban J connectivity index is 4.15. The number of carbonyl (C=O) groups excluding carboxylic acids is 3. The highest BCUT2D eigenvalue weighted by Crippen LogP contribution is 2.16. The Bertz CT molecular complexity index is 1170. The van der Waals surface area contributed by atoms with Crippen molar-refractivity contribution >= 4 is 17.9 Å². The van der Waals surface area contributed by atoms with Crippen LogP contribution in [0.4, 0.5) is 0 Å². The van der Waals surface area contributed by atoms with Gasteiger partial charge < -0.3 is 14.2 Å². The van der Waals surface area contributed by atoms with Crippen LogP contribution in [-0.4, -0.2) is 37.2 Å². The molecule has 0 rings (SSSR count). The lowest BCUT2D eigenvalue weighted by atomic mass is 10.0. The van der Waals surface area contributed by atoms with E-state index in [4.69, 9.17) is 14.2 Å². The summed E-state index contributed by atoms with van der Waals surface area (Å²) in [7, 11) is 0. The van der Waals surface area contributed by atoms with Gasteiger partial charge in [0, 0.05) is 19.3 Å². The lowest BCUT2D eigenvalue weighted by Crippen LogP contribution is -2.30. The van der Waals surface area contributed by atoms with Crippen molar-refractivity contribution in [3.8, 4) is 0 Å². The smallest absolute Gasteiger partial charge is 0.306 e. The summed E-state index contributed by atoms with van der Waals surface area (Å²) in [6, 6.07) is 0. The molecule has 0 N–H and O–H groups in total. The van der Waals surface area contributed by atoms with E-state index in [2.05, 4.69) is 69.4 Å². The highest BCUT2D eigenvalue weighted by Gasteiger charge is 2.19. The average Bonchev–Trinajstić information content (AvgIpc) is 3.33. The first-order valence-corrected chi connectivity index (χ1v) is 29.1. The predicted octanol–water partition coefficient (Wildman–Crippen LogP) is 19.4. The lowest BCUT2D eigenvalue weighted by molar-refractivity contribution is -0.167. The average molecular weight is 940 g/mol. The fourth-order valence-electron chi connectivity index (χ4n) is 8.39. The summed E-state index contributed by atoms with van der Waals surface area (Å²) >= 11 is 0. The minimum atomic E-state index is -0.774. The summed E-state index contributed by atoms with van der Waals surface area (Å²) in [4.78, 5) is 38.0. The van der Waals surface area contributed by atoms with Gasteiger partial charge in [-0.2, -0.15) is 0 Å². The van der Waals surface area contributed by atoms with E-state index in [0.717, 1.165) is 77.0 Å². The third kappa shape index (κ3) is 54.2.